The Morgan fingerprint density at radius 1 is 1.05 bits per heavy atom. The minimum absolute atomic E-state index is 0.0976. The maximum atomic E-state index is 13.5. The highest BCUT2D eigenvalue weighted by Gasteiger charge is 2.29. The average Bonchev–Trinajstić information content (AvgIpc) is 3.57. The zero-order valence-electron chi connectivity index (χ0n) is 20.0. The third kappa shape index (κ3) is 4.49. The van der Waals surface area contributed by atoms with Gasteiger partial charge >= 0.3 is 0 Å². The van der Waals surface area contributed by atoms with Gasteiger partial charge in [0.1, 0.15) is 11.4 Å². The van der Waals surface area contributed by atoms with E-state index in [4.69, 9.17) is 22.2 Å². The first kappa shape index (κ1) is 24.4. The van der Waals surface area contributed by atoms with Crippen LogP contribution < -0.4 is 15.5 Å². The lowest BCUT2D eigenvalue weighted by Gasteiger charge is -2.31. The Morgan fingerprint density at radius 3 is 2.66 bits per heavy atom. The van der Waals surface area contributed by atoms with Gasteiger partial charge in [-0.05, 0) is 60.7 Å². The summed E-state index contributed by atoms with van der Waals surface area (Å²) in [4.78, 5) is 17.2. The number of benzene rings is 3. The van der Waals surface area contributed by atoms with Crippen molar-refractivity contribution in [3.8, 4) is 28.5 Å². The number of nitrogen functional groups attached to an aromatic ring is 1. The van der Waals surface area contributed by atoms with Crippen LogP contribution >= 0.6 is 35.1 Å². The van der Waals surface area contributed by atoms with Crippen molar-refractivity contribution in [2.75, 3.05) is 23.6 Å². The molecule has 38 heavy (non-hydrogen) atoms. The van der Waals surface area contributed by atoms with Gasteiger partial charge in [-0.25, -0.2) is 4.68 Å². The van der Waals surface area contributed by atoms with Crippen LogP contribution in [0.1, 0.15) is 0 Å². The van der Waals surface area contributed by atoms with Crippen molar-refractivity contribution in [3.05, 3.63) is 77.8 Å². The third-order valence-corrected chi connectivity index (χ3v) is 8.22. The second kappa shape index (κ2) is 10.1. The number of aromatic amines is 1. The van der Waals surface area contributed by atoms with Gasteiger partial charge < -0.3 is 10.6 Å². The summed E-state index contributed by atoms with van der Waals surface area (Å²) in [6.07, 6.45) is 0. The molecule has 1 aliphatic rings. The number of H-pyrrole nitrogens is 1. The van der Waals surface area contributed by atoms with E-state index in [1.165, 1.54) is 16.4 Å². The SMILES string of the molecule is COc1ccc(-c2cc(-c3nnc(SCC(=O)N4c5ccccc5Sc5ccc(Cl)cc54)n3N)[nH]n2)cc1. The van der Waals surface area contributed by atoms with Gasteiger partial charge in [0.25, 0.3) is 0 Å². The second-order valence-electron chi connectivity index (χ2n) is 8.27. The van der Waals surface area contributed by atoms with E-state index in [2.05, 4.69) is 20.4 Å². The van der Waals surface area contributed by atoms with E-state index in [0.29, 0.717) is 21.7 Å². The Hall–Kier alpha value is -3.93. The highest BCUT2D eigenvalue weighted by atomic mass is 35.5. The summed E-state index contributed by atoms with van der Waals surface area (Å²) in [5, 5.41) is 16.7. The van der Waals surface area contributed by atoms with Crippen LogP contribution in [0, 0.1) is 0 Å². The number of fused-ring (bicyclic) bond motifs is 2. The van der Waals surface area contributed by atoms with E-state index < -0.39 is 0 Å². The molecule has 0 saturated carbocycles. The maximum Gasteiger partial charge on any atom is 0.242 e. The predicted molar refractivity (Wildman–Crippen MR) is 150 cm³/mol. The molecule has 190 valence electrons. The molecular formula is C26H20ClN7O2S2. The molecule has 3 aromatic carbocycles. The molecule has 9 nitrogen and oxygen atoms in total. The lowest BCUT2D eigenvalue weighted by atomic mass is 10.1. The molecule has 0 aliphatic carbocycles. The first-order chi connectivity index (χ1) is 18.5. The number of hydrogen-bond acceptors (Lipinski definition) is 8. The zero-order valence-corrected chi connectivity index (χ0v) is 22.3. The van der Waals surface area contributed by atoms with Gasteiger partial charge in [-0.15, -0.1) is 10.2 Å². The van der Waals surface area contributed by atoms with Crippen molar-refractivity contribution >= 4 is 52.4 Å². The number of hydrogen-bond donors (Lipinski definition) is 2. The number of amides is 1. The highest BCUT2D eigenvalue weighted by molar-refractivity contribution is 8.00. The minimum Gasteiger partial charge on any atom is -0.497 e. The van der Waals surface area contributed by atoms with E-state index in [0.717, 1.165) is 38.2 Å². The smallest absolute Gasteiger partial charge is 0.242 e. The number of methoxy groups -OCH3 is 1. The van der Waals surface area contributed by atoms with Crippen LogP contribution in [0.25, 0.3) is 22.8 Å². The third-order valence-electron chi connectivity index (χ3n) is 5.93. The summed E-state index contributed by atoms with van der Waals surface area (Å²) in [6.45, 7) is 0. The molecule has 2 aromatic heterocycles. The number of halogens is 1. The average molecular weight is 562 g/mol. The molecule has 5 aromatic rings. The monoisotopic (exact) mass is 561 g/mol. The van der Waals surface area contributed by atoms with Crippen LogP contribution in [0.15, 0.2) is 87.7 Å². The van der Waals surface area contributed by atoms with Crippen molar-refractivity contribution in [3.63, 3.8) is 0 Å². The van der Waals surface area contributed by atoms with Crippen molar-refractivity contribution < 1.29 is 9.53 Å². The van der Waals surface area contributed by atoms with Gasteiger partial charge in [-0.1, -0.05) is 47.3 Å². The van der Waals surface area contributed by atoms with Gasteiger partial charge in [0.15, 0.2) is 0 Å². The number of aromatic nitrogens is 5. The standard InChI is InChI=1S/C26H20ClN7O2S2/c1-36-17-9-6-15(7-10-17)18-13-19(30-29-18)25-31-32-26(34(25)28)37-14-24(35)33-20-4-2-3-5-22(20)38-23-11-8-16(27)12-21(23)33/h2-13H,14,28H2,1H3,(H,29,30). The van der Waals surface area contributed by atoms with Crippen LogP contribution in [-0.2, 0) is 4.79 Å². The number of carbonyl (C=O) groups excluding carboxylic acids is 1. The molecule has 0 bridgehead atoms. The number of ether oxygens (including phenoxy) is 1. The number of para-hydroxylation sites is 1. The summed E-state index contributed by atoms with van der Waals surface area (Å²) in [5.74, 6) is 7.46. The summed E-state index contributed by atoms with van der Waals surface area (Å²) in [5.41, 5.74) is 3.82. The number of nitrogens with one attached hydrogen (secondary N) is 1. The van der Waals surface area contributed by atoms with E-state index in [9.17, 15) is 4.79 Å². The Kier molecular flexibility index (Phi) is 6.48. The predicted octanol–water partition coefficient (Wildman–Crippen LogP) is 5.63. The molecule has 3 heterocycles. The summed E-state index contributed by atoms with van der Waals surface area (Å²) in [7, 11) is 1.62. The molecule has 12 heteroatoms. The van der Waals surface area contributed by atoms with Crippen LogP contribution in [0.5, 0.6) is 5.75 Å². The molecular weight excluding hydrogens is 542 g/mol. The number of thioether (sulfide) groups is 1. The van der Waals surface area contributed by atoms with Crippen molar-refractivity contribution in [1.29, 1.82) is 0 Å². The Morgan fingerprint density at radius 2 is 1.84 bits per heavy atom. The van der Waals surface area contributed by atoms with Gasteiger partial charge in [0.05, 0.1) is 29.9 Å². The first-order valence-corrected chi connectivity index (χ1v) is 13.6. The van der Waals surface area contributed by atoms with Crippen molar-refractivity contribution in [2.45, 2.75) is 14.9 Å². The second-order valence-corrected chi connectivity index (χ2v) is 10.7. The molecule has 0 fully saturated rings. The lowest BCUT2D eigenvalue weighted by molar-refractivity contribution is -0.115. The molecule has 0 atom stereocenters. The van der Waals surface area contributed by atoms with Gasteiger partial charge in [0.2, 0.25) is 16.9 Å². The fourth-order valence-electron chi connectivity index (χ4n) is 4.09. The molecule has 1 amide bonds. The lowest BCUT2D eigenvalue weighted by Crippen LogP contribution is -2.30. The first-order valence-electron chi connectivity index (χ1n) is 11.4. The summed E-state index contributed by atoms with van der Waals surface area (Å²) in [6, 6.07) is 22.8. The van der Waals surface area contributed by atoms with Crippen molar-refractivity contribution in [1.82, 2.24) is 25.1 Å². The number of nitrogens with two attached hydrogens (primary N) is 1. The molecule has 3 N–H and O–H groups in total. The molecule has 0 saturated heterocycles. The molecule has 0 unspecified atom stereocenters. The fourth-order valence-corrected chi connectivity index (χ4v) is 6.00. The Labute approximate surface area is 231 Å². The maximum absolute atomic E-state index is 13.5. The quantitative estimate of drug-likeness (QED) is 0.202. The summed E-state index contributed by atoms with van der Waals surface area (Å²) >= 11 is 9.10. The minimum atomic E-state index is -0.126. The normalized spacial score (nSPS) is 12.2. The van der Waals surface area contributed by atoms with Crippen LogP contribution in [0.4, 0.5) is 11.4 Å². The fraction of sp³-hybridized carbons (Fsp3) is 0.0769. The van der Waals surface area contributed by atoms with Gasteiger partial charge in [0, 0.05) is 20.4 Å². The highest BCUT2D eigenvalue weighted by Crippen LogP contribution is 2.49. The van der Waals surface area contributed by atoms with E-state index >= 15 is 0 Å². The number of rotatable bonds is 6. The number of nitrogens with zero attached hydrogens (tertiary/aromatic N) is 5. The largest absolute Gasteiger partial charge is 0.497 e. The Bertz CT molecular complexity index is 1650. The number of anilines is 2. The molecule has 0 spiro atoms. The van der Waals surface area contributed by atoms with Crippen molar-refractivity contribution in [2.24, 2.45) is 0 Å². The van der Waals surface area contributed by atoms with Crippen LogP contribution in [-0.4, -0.2) is 43.8 Å². The topological polar surface area (TPSA) is 115 Å². The van der Waals surface area contributed by atoms with Crippen LogP contribution in [0.2, 0.25) is 5.02 Å². The van der Waals surface area contributed by atoms with E-state index in [1.807, 2.05) is 72.8 Å². The molecule has 0 radical (unpaired) electrons. The number of carbonyl (C=O) groups is 1. The van der Waals surface area contributed by atoms with Gasteiger partial charge in [-0.2, -0.15) is 5.10 Å². The van der Waals surface area contributed by atoms with E-state index in [1.54, 1.807) is 23.8 Å². The van der Waals surface area contributed by atoms with E-state index in [-0.39, 0.29) is 11.7 Å². The van der Waals surface area contributed by atoms with Gasteiger partial charge in [-0.3, -0.25) is 14.8 Å². The summed E-state index contributed by atoms with van der Waals surface area (Å²) < 4.78 is 6.57. The molecule has 1 aliphatic heterocycles. The molecule has 6 rings (SSSR count). The zero-order chi connectivity index (χ0) is 26.2. The Balaban J connectivity index is 1.22. The van der Waals surface area contributed by atoms with Crippen LogP contribution in [0.3, 0.4) is 0 Å².